The molecule has 0 saturated heterocycles. The number of nitrogen functional groups attached to an aromatic ring is 1. The highest BCUT2D eigenvalue weighted by atomic mass is 15.1. The third-order valence-corrected chi connectivity index (χ3v) is 4.58. The summed E-state index contributed by atoms with van der Waals surface area (Å²) in [6.07, 6.45) is 5.03. The quantitative estimate of drug-likeness (QED) is 0.797. The van der Waals surface area contributed by atoms with Crippen LogP contribution in [-0.2, 0) is 12.8 Å². The normalized spacial score (nSPS) is 16.9. The summed E-state index contributed by atoms with van der Waals surface area (Å²) in [6, 6.07) is 13.0. The van der Waals surface area contributed by atoms with Crippen molar-refractivity contribution in [2.75, 3.05) is 23.7 Å². The number of nitrogens with two attached hydrogens (primary N) is 1. The fourth-order valence-electron chi connectivity index (χ4n) is 3.65. The molecular formula is C18H20N2. The lowest BCUT2D eigenvalue weighted by atomic mass is 9.88. The van der Waals surface area contributed by atoms with Crippen LogP contribution in [0.25, 0.3) is 11.1 Å². The molecule has 0 atom stereocenters. The highest BCUT2D eigenvalue weighted by Crippen LogP contribution is 2.38. The van der Waals surface area contributed by atoms with E-state index in [4.69, 9.17) is 5.73 Å². The molecule has 0 spiro atoms. The lowest BCUT2D eigenvalue weighted by molar-refractivity contribution is 0.634. The molecule has 0 aliphatic carbocycles. The molecule has 0 unspecified atom stereocenters. The van der Waals surface area contributed by atoms with Crippen molar-refractivity contribution in [1.82, 2.24) is 0 Å². The predicted molar refractivity (Wildman–Crippen MR) is 85.1 cm³/mol. The van der Waals surface area contributed by atoms with E-state index >= 15 is 0 Å². The van der Waals surface area contributed by atoms with E-state index in [0.717, 1.165) is 5.69 Å². The first-order valence-electron chi connectivity index (χ1n) is 7.58. The lowest BCUT2D eigenvalue weighted by Crippen LogP contribution is -2.34. The van der Waals surface area contributed by atoms with Gasteiger partial charge in [0.1, 0.15) is 0 Å². The summed E-state index contributed by atoms with van der Waals surface area (Å²) in [5.74, 6) is 0. The Labute approximate surface area is 120 Å². The average Bonchev–Trinajstić information content (AvgIpc) is 2.48. The van der Waals surface area contributed by atoms with Gasteiger partial charge < -0.3 is 10.6 Å². The van der Waals surface area contributed by atoms with Gasteiger partial charge in [-0.15, -0.1) is 0 Å². The number of nitrogens with zero attached hydrogens (tertiary/aromatic N) is 1. The van der Waals surface area contributed by atoms with E-state index in [1.54, 1.807) is 16.8 Å². The second kappa shape index (κ2) is 4.55. The number of hydrogen-bond donors (Lipinski definition) is 1. The van der Waals surface area contributed by atoms with Crippen molar-refractivity contribution >= 4 is 11.4 Å². The van der Waals surface area contributed by atoms with Gasteiger partial charge in [-0.3, -0.25) is 0 Å². The van der Waals surface area contributed by atoms with Crippen LogP contribution < -0.4 is 10.6 Å². The van der Waals surface area contributed by atoms with Gasteiger partial charge in [0.25, 0.3) is 0 Å². The Bertz CT molecular complexity index is 612. The molecule has 0 amide bonds. The molecule has 0 saturated carbocycles. The van der Waals surface area contributed by atoms with Gasteiger partial charge in [0.05, 0.1) is 0 Å². The highest BCUT2D eigenvalue weighted by molar-refractivity contribution is 5.74. The molecule has 102 valence electrons. The molecule has 0 aromatic heterocycles. The molecule has 2 aliphatic rings. The standard InChI is InChI=1S/C18H20N2/c19-17-7-5-13(6-8-17)16-11-14-3-1-9-20-10-2-4-15(12-16)18(14)20/h5-8,11-12H,1-4,9-10,19H2. The van der Waals surface area contributed by atoms with Crippen LogP contribution in [0.1, 0.15) is 24.0 Å². The van der Waals surface area contributed by atoms with Gasteiger partial charge in [0.2, 0.25) is 0 Å². The zero-order valence-corrected chi connectivity index (χ0v) is 11.7. The first kappa shape index (κ1) is 11.8. The fraction of sp³-hybridized carbons (Fsp3) is 0.333. The Morgan fingerprint density at radius 1 is 0.800 bits per heavy atom. The molecule has 0 bridgehead atoms. The van der Waals surface area contributed by atoms with E-state index in [0.29, 0.717) is 0 Å². The molecule has 20 heavy (non-hydrogen) atoms. The number of benzene rings is 2. The van der Waals surface area contributed by atoms with Crippen LogP contribution in [0.4, 0.5) is 11.4 Å². The van der Waals surface area contributed by atoms with Crippen LogP contribution in [0.3, 0.4) is 0 Å². The molecule has 2 aromatic carbocycles. The summed E-state index contributed by atoms with van der Waals surface area (Å²) in [5, 5.41) is 0. The Hall–Kier alpha value is -1.96. The van der Waals surface area contributed by atoms with E-state index in [9.17, 15) is 0 Å². The summed E-state index contributed by atoms with van der Waals surface area (Å²) < 4.78 is 0. The SMILES string of the molecule is Nc1ccc(-c2cc3c4c(c2)CCCN4CCC3)cc1. The molecule has 2 aliphatic heterocycles. The van der Waals surface area contributed by atoms with Gasteiger partial charge in [-0.05, 0) is 72.2 Å². The summed E-state index contributed by atoms with van der Waals surface area (Å²) >= 11 is 0. The maximum Gasteiger partial charge on any atom is 0.0431 e. The first-order chi connectivity index (χ1) is 9.81. The van der Waals surface area contributed by atoms with Crippen LogP contribution in [0.15, 0.2) is 36.4 Å². The van der Waals surface area contributed by atoms with E-state index in [1.807, 2.05) is 12.1 Å². The molecule has 0 fully saturated rings. The highest BCUT2D eigenvalue weighted by Gasteiger charge is 2.24. The summed E-state index contributed by atoms with van der Waals surface area (Å²) in [6.45, 7) is 2.47. The van der Waals surface area contributed by atoms with Gasteiger partial charge in [-0.25, -0.2) is 0 Å². The summed E-state index contributed by atoms with van der Waals surface area (Å²) in [4.78, 5) is 2.59. The third kappa shape index (κ3) is 1.87. The van der Waals surface area contributed by atoms with Crippen LogP contribution in [0.5, 0.6) is 0 Å². The smallest absolute Gasteiger partial charge is 0.0431 e. The van der Waals surface area contributed by atoms with E-state index in [1.165, 1.54) is 49.9 Å². The fourth-order valence-corrected chi connectivity index (χ4v) is 3.65. The molecule has 2 heteroatoms. The maximum absolute atomic E-state index is 5.79. The summed E-state index contributed by atoms with van der Waals surface area (Å²) in [5.41, 5.74) is 13.9. The Balaban J connectivity index is 1.84. The monoisotopic (exact) mass is 264 g/mol. The van der Waals surface area contributed by atoms with Gasteiger partial charge >= 0.3 is 0 Å². The van der Waals surface area contributed by atoms with Gasteiger partial charge in [-0.2, -0.15) is 0 Å². The van der Waals surface area contributed by atoms with Crippen molar-refractivity contribution in [2.24, 2.45) is 0 Å². The minimum atomic E-state index is 0.833. The molecule has 4 rings (SSSR count). The topological polar surface area (TPSA) is 29.3 Å². The van der Waals surface area contributed by atoms with Crippen molar-refractivity contribution < 1.29 is 0 Å². The van der Waals surface area contributed by atoms with E-state index in [2.05, 4.69) is 29.2 Å². The Kier molecular flexibility index (Phi) is 2.69. The maximum atomic E-state index is 5.79. The van der Waals surface area contributed by atoms with Crippen molar-refractivity contribution in [3.8, 4) is 11.1 Å². The molecule has 2 nitrogen and oxygen atoms in total. The molecule has 2 N–H and O–H groups in total. The van der Waals surface area contributed by atoms with Gasteiger partial charge in [0, 0.05) is 24.5 Å². The number of anilines is 2. The summed E-state index contributed by atoms with van der Waals surface area (Å²) in [7, 11) is 0. The minimum Gasteiger partial charge on any atom is -0.399 e. The Morgan fingerprint density at radius 2 is 1.40 bits per heavy atom. The van der Waals surface area contributed by atoms with Crippen molar-refractivity contribution in [3.05, 3.63) is 47.5 Å². The zero-order valence-electron chi connectivity index (χ0n) is 11.7. The molecule has 2 aromatic rings. The number of rotatable bonds is 1. The lowest BCUT2D eigenvalue weighted by Gasteiger charge is -2.37. The number of hydrogen-bond acceptors (Lipinski definition) is 2. The van der Waals surface area contributed by atoms with Crippen LogP contribution in [0, 0.1) is 0 Å². The first-order valence-corrected chi connectivity index (χ1v) is 7.58. The molecule has 2 heterocycles. The van der Waals surface area contributed by atoms with Gasteiger partial charge in [-0.1, -0.05) is 12.1 Å². The predicted octanol–water partition coefficient (Wildman–Crippen LogP) is 3.63. The van der Waals surface area contributed by atoms with Crippen molar-refractivity contribution in [1.29, 1.82) is 0 Å². The largest absolute Gasteiger partial charge is 0.399 e. The second-order valence-corrected chi connectivity index (χ2v) is 5.96. The second-order valence-electron chi connectivity index (χ2n) is 5.96. The minimum absolute atomic E-state index is 0.833. The van der Waals surface area contributed by atoms with Crippen LogP contribution in [0.2, 0.25) is 0 Å². The van der Waals surface area contributed by atoms with Crippen LogP contribution in [-0.4, -0.2) is 13.1 Å². The van der Waals surface area contributed by atoms with E-state index < -0.39 is 0 Å². The molecular weight excluding hydrogens is 244 g/mol. The van der Waals surface area contributed by atoms with Crippen molar-refractivity contribution in [2.45, 2.75) is 25.7 Å². The average molecular weight is 264 g/mol. The van der Waals surface area contributed by atoms with Gasteiger partial charge in [0.15, 0.2) is 0 Å². The molecule has 0 radical (unpaired) electrons. The third-order valence-electron chi connectivity index (χ3n) is 4.58. The van der Waals surface area contributed by atoms with Crippen molar-refractivity contribution in [3.63, 3.8) is 0 Å². The number of aryl methyl sites for hydroxylation is 2. The zero-order chi connectivity index (χ0) is 13.5. The van der Waals surface area contributed by atoms with E-state index in [-0.39, 0.29) is 0 Å². The Morgan fingerprint density at radius 3 is 2.00 bits per heavy atom. The van der Waals surface area contributed by atoms with Crippen LogP contribution >= 0.6 is 0 Å².